The van der Waals surface area contributed by atoms with E-state index in [1.165, 1.54) is 6.33 Å². The third kappa shape index (κ3) is 6.94. The van der Waals surface area contributed by atoms with Crippen LogP contribution in [-0.4, -0.2) is 61.5 Å². The number of imidazole rings is 1. The molecule has 2 atom stereocenters. The summed E-state index contributed by atoms with van der Waals surface area (Å²) in [5, 5.41) is 12.3. The van der Waals surface area contributed by atoms with Gasteiger partial charge in [0.2, 0.25) is 5.95 Å². The molecule has 2 rings (SSSR count). The highest BCUT2D eigenvalue weighted by atomic mass is 16.6. The lowest BCUT2D eigenvalue weighted by molar-refractivity contribution is -0.147. The van der Waals surface area contributed by atoms with Crippen molar-refractivity contribution in [1.29, 1.82) is 0 Å². The van der Waals surface area contributed by atoms with E-state index in [1.54, 1.807) is 39.2 Å². The largest absolute Gasteiger partial charge is 0.464 e. The molecule has 32 heavy (non-hydrogen) atoms. The summed E-state index contributed by atoms with van der Waals surface area (Å²) in [4.78, 5) is 46.9. The van der Waals surface area contributed by atoms with Gasteiger partial charge < -0.3 is 30.2 Å². The van der Waals surface area contributed by atoms with Crippen molar-refractivity contribution in [3.05, 3.63) is 16.7 Å². The van der Waals surface area contributed by atoms with Gasteiger partial charge in [0, 0.05) is 19.1 Å². The third-order valence-electron chi connectivity index (χ3n) is 4.57. The number of esters is 1. The van der Waals surface area contributed by atoms with E-state index >= 15 is 0 Å². The number of nitrogen functional groups attached to an aromatic ring is 1. The number of nitrogens with zero attached hydrogens (tertiary/aromatic N) is 3. The summed E-state index contributed by atoms with van der Waals surface area (Å²) >= 11 is 0. The van der Waals surface area contributed by atoms with Crippen molar-refractivity contribution in [2.45, 2.75) is 59.2 Å². The second kappa shape index (κ2) is 10.4. The van der Waals surface area contributed by atoms with Crippen LogP contribution in [0.3, 0.4) is 0 Å². The summed E-state index contributed by atoms with van der Waals surface area (Å²) in [6.45, 7) is 8.90. The molecule has 0 fully saturated rings. The molecule has 0 aromatic carbocycles. The Kier molecular flexibility index (Phi) is 8.19. The molecule has 0 radical (unpaired) electrons. The second-order valence-corrected chi connectivity index (χ2v) is 8.89. The lowest BCUT2D eigenvalue weighted by Gasteiger charge is -2.25. The maximum Gasteiger partial charge on any atom is 0.408 e. The van der Waals surface area contributed by atoms with Crippen LogP contribution >= 0.6 is 0 Å². The van der Waals surface area contributed by atoms with Crippen molar-refractivity contribution < 1.29 is 24.2 Å². The number of nitrogens with two attached hydrogens (primary N) is 1. The zero-order valence-electron chi connectivity index (χ0n) is 19.0. The number of alkyl carbamates (subject to hydrolysis) is 1. The number of nitrogens with one attached hydrogen (secondary N) is 2. The number of rotatable bonds is 9. The van der Waals surface area contributed by atoms with Crippen molar-refractivity contribution >= 4 is 29.2 Å². The van der Waals surface area contributed by atoms with E-state index in [-0.39, 0.29) is 36.5 Å². The minimum atomic E-state index is -0.867. The first kappa shape index (κ1) is 25.1. The van der Waals surface area contributed by atoms with Crippen LogP contribution in [0.15, 0.2) is 11.1 Å². The number of ether oxygens (including phenoxy) is 2. The van der Waals surface area contributed by atoms with Gasteiger partial charge in [0.15, 0.2) is 11.2 Å². The van der Waals surface area contributed by atoms with E-state index in [2.05, 4.69) is 20.3 Å². The van der Waals surface area contributed by atoms with Gasteiger partial charge in [-0.25, -0.2) is 14.6 Å². The number of hydrogen-bond acceptors (Lipinski definition) is 9. The first-order valence-electron chi connectivity index (χ1n) is 10.4. The molecule has 0 aliphatic heterocycles. The van der Waals surface area contributed by atoms with Gasteiger partial charge in [-0.15, -0.1) is 0 Å². The normalized spacial score (nSPS) is 13.7. The molecule has 0 saturated heterocycles. The van der Waals surface area contributed by atoms with Crippen LogP contribution in [-0.2, 0) is 20.8 Å². The van der Waals surface area contributed by atoms with E-state index in [0.29, 0.717) is 18.6 Å². The van der Waals surface area contributed by atoms with Crippen LogP contribution in [0.2, 0.25) is 0 Å². The van der Waals surface area contributed by atoms with Crippen molar-refractivity contribution in [2.24, 2.45) is 11.8 Å². The lowest BCUT2D eigenvalue weighted by Crippen LogP contribution is -2.47. The number of H-pyrrole nitrogens is 1. The Labute approximate surface area is 185 Å². The fourth-order valence-electron chi connectivity index (χ4n) is 2.97. The Morgan fingerprint density at radius 3 is 2.62 bits per heavy atom. The van der Waals surface area contributed by atoms with Gasteiger partial charge in [-0.1, -0.05) is 13.8 Å². The summed E-state index contributed by atoms with van der Waals surface area (Å²) in [6, 6.07) is -0.867. The Balaban J connectivity index is 1.94. The van der Waals surface area contributed by atoms with Crippen molar-refractivity contribution in [3.63, 3.8) is 0 Å². The standard InChI is InChI=1S/C20H32N6O6/c1-11(2)13(23-19(30)32-20(3,4)5)17(29)31-7-6-12(9-27)8-26-10-22-14-15(26)24-18(21)25-16(14)28/h10-13,27H,6-9H2,1-5H3,(H,23,30)(H3,21,24,25,28)/t12-,13+/m1/s1. The summed E-state index contributed by atoms with van der Waals surface area (Å²) in [7, 11) is 0. The maximum absolute atomic E-state index is 12.5. The monoisotopic (exact) mass is 452 g/mol. The van der Waals surface area contributed by atoms with Gasteiger partial charge >= 0.3 is 12.1 Å². The highest BCUT2D eigenvalue weighted by Gasteiger charge is 2.28. The molecule has 0 saturated carbocycles. The molecule has 2 heterocycles. The summed E-state index contributed by atoms with van der Waals surface area (Å²) in [6.07, 6.45) is 1.09. The highest BCUT2D eigenvalue weighted by Crippen LogP contribution is 2.14. The first-order valence-corrected chi connectivity index (χ1v) is 10.4. The van der Waals surface area contributed by atoms with Crippen LogP contribution in [0.25, 0.3) is 11.2 Å². The third-order valence-corrected chi connectivity index (χ3v) is 4.57. The number of fused-ring (bicyclic) bond motifs is 1. The molecule has 0 spiro atoms. The second-order valence-electron chi connectivity index (χ2n) is 8.89. The molecule has 0 unspecified atom stereocenters. The van der Waals surface area contributed by atoms with Gasteiger partial charge in [-0.3, -0.25) is 9.78 Å². The average molecular weight is 453 g/mol. The molecule has 12 heteroatoms. The van der Waals surface area contributed by atoms with Crippen LogP contribution in [0.1, 0.15) is 41.0 Å². The number of aromatic amines is 1. The Bertz CT molecular complexity index is 993. The molecular weight excluding hydrogens is 420 g/mol. The summed E-state index contributed by atoms with van der Waals surface area (Å²) in [5.41, 5.74) is 4.92. The molecule has 1 amide bonds. The Hall–Kier alpha value is -3.15. The minimum Gasteiger partial charge on any atom is -0.464 e. The minimum absolute atomic E-state index is 0.0315. The molecule has 178 valence electrons. The number of aliphatic hydroxyl groups is 1. The predicted molar refractivity (Wildman–Crippen MR) is 117 cm³/mol. The van der Waals surface area contributed by atoms with Gasteiger partial charge in [0.25, 0.3) is 5.56 Å². The number of hydrogen-bond donors (Lipinski definition) is 4. The maximum atomic E-state index is 12.5. The quantitative estimate of drug-likeness (QED) is 0.401. The zero-order valence-corrected chi connectivity index (χ0v) is 19.0. The number of carbonyl (C=O) groups excluding carboxylic acids is 2. The average Bonchev–Trinajstić information content (AvgIpc) is 3.06. The molecule has 5 N–H and O–H groups in total. The molecule has 0 bridgehead atoms. The fourth-order valence-corrected chi connectivity index (χ4v) is 2.97. The SMILES string of the molecule is CC(C)[C@H](NC(=O)OC(C)(C)C)C(=O)OCC[C@@H](CO)Cn1cnc2c(=O)[nH]c(N)nc21. The van der Waals surface area contributed by atoms with Gasteiger partial charge in [-0.05, 0) is 33.1 Å². The molecule has 2 aromatic heterocycles. The Morgan fingerprint density at radius 2 is 2.03 bits per heavy atom. The number of amides is 1. The number of aliphatic hydroxyl groups excluding tert-OH is 1. The van der Waals surface area contributed by atoms with Crippen LogP contribution in [0, 0.1) is 11.8 Å². The number of aromatic nitrogens is 4. The summed E-state index contributed by atoms with van der Waals surface area (Å²) in [5.74, 6) is -1.12. The fraction of sp³-hybridized carbons (Fsp3) is 0.650. The van der Waals surface area contributed by atoms with Crippen LogP contribution in [0.5, 0.6) is 0 Å². The zero-order chi connectivity index (χ0) is 24.1. The van der Waals surface area contributed by atoms with E-state index in [0.717, 1.165) is 0 Å². The Morgan fingerprint density at radius 1 is 1.34 bits per heavy atom. The van der Waals surface area contributed by atoms with E-state index in [1.807, 2.05) is 0 Å². The van der Waals surface area contributed by atoms with Crippen molar-refractivity contribution in [3.8, 4) is 0 Å². The van der Waals surface area contributed by atoms with Crippen molar-refractivity contribution in [2.75, 3.05) is 18.9 Å². The van der Waals surface area contributed by atoms with Crippen LogP contribution in [0.4, 0.5) is 10.7 Å². The predicted octanol–water partition coefficient (Wildman–Crippen LogP) is 0.793. The van der Waals surface area contributed by atoms with Crippen molar-refractivity contribution in [1.82, 2.24) is 24.8 Å². The number of anilines is 1. The van der Waals surface area contributed by atoms with Gasteiger partial charge in [0.05, 0.1) is 12.9 Å². The molecule has 12 nitrogen and oxygen atoms in total. The first-order chi connectivity index (χ1) is 14.9. The van der Waals surface area contributed by atoms with E-state index in [9.17, 15) is 19.5 Å². The molecule has 0 aliphatic carbocycles. The van der Waals surface area contributed by atoms with Gasteiger partial charge in [-0.2, -0.15) is 4.98 Å². The molecule has 0 aliphatic rings. The molecular formula is C20H32N6O6. The number of carbonyl (C=O) groups is 2. The lowest BCUT2D eigenvalue weighted by atomic mass is 10.0. The highest BCUT2D eigenvalue weighted by molar-refractivity contribution is 5.81. The van der Waals surface area contributed by atoms with E-state index in [4.69, 9.17) is 15.2 Å². The van der Waals surface area contributed by atoms with Crippen LogP contribution < -0.4 is 16.6 Å². The van der Waals surface area contributed by atoms with Gasteiger partial charge in [0.1, 0.15) is 11.6 Å². The topological polar surface area (TPSA) is 174 Å². The van der Waals surface area contributed by atoms with E-state index < -0.39 is 29.3 Å². The summed E-state index contributed by atoms with van der Waals surface area (Å²) < 4.78 is 12.2. The molecule has 2 aromatic rings. The smallest absolute Gasteiger partial charge is 0.408 e.